The summed E-state index contributed by atoms with van der Waals surface area (Å²) in [7, 11) is 0. The molecule has 0 radical (unpaired) electrons. The predicted molar refractivity (Wildman–Crippen MR) is 186 cm³/mol. The molecule has 1 fully saturated rings. The maximum absolute atomic E-state index is 14.1. The van der Waals surface area contributed by atoms with Gasteiger partial charge in [0.2, 0.25) is 0 Å². The molecule has 0 spiro atoms. The van der Waals surface area contributed by atoms with Crippen molar-refractivity contribution >= 4 is 17.5 Å². The highest BCUT2D eigenvalue weighted by Crippen LogP contribution is 2.37. The Hall–Kier alpha value is -5.60. The molecule has 1 amide bonds. The minimum atomic E-state index is -0.569. The smallest absolute Gasteiger partial charge is 0.354 e. The molecular weight excluding hydrogens is 624 g/mol. The summed E-state index contributed by atoms with van der Waals surface area (Å²) in [5, 5.41) is 20.2. The number of aryl methyl sites for hydroxylation is 1. The van der Waals surface area contributed by atoms with E-state index in [9.17, 15) is 19.6 Å². The number of anilines is 2. The lowest BCUT2D eigenvalue weighted by molar-refractivity contribution is -0.245. The molecule has 49 heavy (non-hydrogen) atoms. The third-order valence-electron chi connectivity index (χ3n) is 9.00. The molecule has 6 N–H and O–H groups in total. The van der Waals surface area contributed by atoms with Gasteiger partial charge >= 0.3 is 11.4 Å². The molecule has 1 aliphatic rings. The van der Waals surface area contributed by atoms with Crippen molar-refractivity contribution in [3.05, 3.63) is 105 Å². The molecule has 1 aliphatic heterocycles. The molecule has 6 rings (SSSR count). The van der Waals surface area contributed by atoms with Gasteiger partial charge in [0.15, 0.2) is 5.69 Å². The Morgan fingerprint density at radius 3 is 1.98 bits per heavy atom. The van der Waals surface area contributed by atoms with Crippen molar-refractivity contribution < 1.29 is 10.0 Å². The number of nitrogens with zero attached hydrogens (tertiary/aromatic N) is 7. The van der Waals surface area contributed by atoms with Crippen LogP contribution in [0.2, 0.25) is 0 Å². The average Bonchev–Trinajstić information content (AvgIpc) is 3.36. The summed E-state index contributed by atoms with van der Waals surface area (Å²) in [6.45, 7) is 11.5. The van der Waals surface area contributed by atoms with Crippen LogP contribution in [-0.2, 0) is 0 Å². The lowest BCUT2D eigenvalue weighted by atomic mass is 9.79. The van der Waals surface area contributed by atoms with Gasteiger partial charge in [-0.15, -0.1) is 0 Å². The Kier molecular flexibility index (Phi) is 8.25. The van der Waals surface area contributed by atoms with Crippen LogP contribution >= 0.6 is 0 Å². The number of nitrogens with two attached hydrogens (primary N) is 2. The third kappa shape index (κ3) is 6.23. The fourth-order valence-corrected chi connectivity index (χ4v) is 6.85. The van der Waals surface area contributed by atoms with Crippen LogP contribution in [0.5, 0.6) is 0 Å². The van der Waals surface area contributed by atoms with E-state index in [1.165, 1.54) is 20.3 Å². The van der Waals surface area contributed by atoms with Gasteiger partial charge in [0.1, 0.15) is 11.6 Å². The van der Waals surface area contributed by atoms with Gasteiger partial charge in [0.25, 0.3) is 5.91 Å². The summed E-state index contributed by atoms with van der Waals surface area (Å²) >= 11 is 0. The second kappa shape index (κ2) is 12.1. The van der Waals surface area contributed by atoms with Crippen molar-refractivity contribution in [1.29, 1.82) is 0 Å². The Bertz CT molecular complexity index is 2180. The number of nitrogen functional groups attached to an aromatic ring is 2. The van der Waals surface area contributed by atoms with Gasteiger partial charge in [-0.25, -0.2) is 14.3 Å². The van der Waals surface area contributed by atoms with Crippen LogP contribution in [0.1, 0.15) is 62.2 Å². The summed E-state index contributed by atoms with van der Waals surface area (Å²) in [5.74, 6) is -0.142. The highest BCUT2D eigenvalue weighted by atomic mass is 16.5. The van der Waals surface area contributed by atoms with Crippen molar-refractivity contribution in [2.45, 2.75) is 71.5 Å². The second-order valence-electron chi connectivity index (χ2n) is 13.8. The summed E-state index contributed by atoms with van der Waals surface area (Å²) in [6.07, 6.45) is 4.16. The number of carbonyl (C=O) groups excluding carboxylic acids is 1. The topological polar surface area (TPSA) is 192 Å². The fourth-order valence-electron chi connectivity index (χ4n) is 6.85. The molecule has 0 saturated carbocycles. The zero-order chi connectivity index (χ0) is 35.4. The fraction of sp³-hybridized carbons (Fsp3) is 0.314. The number of amides is 1. The normalized spacial score (nSPS) is 16.1. The molecule has 5 aromatic rings. The van der Waals surface area contributed by atoms with E-state index in [2.05, 4.69) is 15.3 Å². The molecule has 14 nitrogen and oxygen atoms in total. The zero-order valence-electron chi connectivity index (χ0n) is 28.3. The van der Waals surface area contributed by atoms with E-state index in [1.807, 2.05) is 71.9 Å². The van der Waals surface area contributed by atoms with Crippen molar-refractivity contribution in [3.63, 3.8) is 0 Å². The number of benzene rings is 2. The average molecular weight is 665 g/mol. The minimum Gasteiger partial charge on any atom is -0.383 e. The molecule has 254 valence electrons. The standard InChI is InChI=1S/C35H40N10O4/c1-20-7-12-25(26(17-20)43-16-14-28(37)40-33(43)48)44-30(22-8-10-24(11-9-22)42-15-13-27(36)39-32(42)47)21(2)29(41-44)31(46)38-23-18-34(3,4)45(49)35(5,6)19-23/h7-17,23,49H,18-19H2,1-6H3,(H,38,46)(H2,36,39,47)(H2,37,40,48). The van der Waals surface area contributed by atoms with Crippen molar-refractivity contribution in [1.82, 2.24) is 39.3 Å². The maximum atomic E-state index is 14.1. The Morgan fingerprint density at radius 2 is 1.41 bits per heavy atom. The number of nitrogens with one attached hydrogen (secondary N) is 1. The maximum Gasteiger partial charge on any atom is 0.354 e. The number of rotatable bonds is 6. The molecule has 0 bridgehead atoms. The molecule has 14 heteroatoms. The zero-order valence-corrected chi connectivity index (χ0v) is 28.3. The second-order valence-corrected chi connectivity index (χ2v) is 13.8. The van der Waals surface area contributed by atoms with Gasteiger partial charge in [-0.1, -0.05) is 18.2 Å². The van der Waals surface area contributed by atoms with Gasteiger partial charge in [-0.2, -0.15) is 20.1 Å². The summed E-state index contributed by atoms with van der Waals surface area (Å²) in [5.41, 5.74) is 13.8. The van der Waals surface area contributed by atoms with Gasteiger partial charge in [0.05, 0.1) is 22.8 Å². The molecular formula is C35H40N10O4. The molecule has 4 heterocycles. The SMILES string of the molecule is Cc1ccc(-n2nc(C(=O)NC3CC(C)(C)N(O)C(C)(C)C3)c(C)c2-c2ccc(-n3ccc(N)nc3=O)cc2)c(-n2ccc(N)nc2=O)c1. The van der Waals surface area contributed by atoms with E-state index in [0.717, 1.165) is 5.56 Å². The Balaban J connectivity index is 1.49. The van der Waals surface area contributed by atoms with Gasteiger partial charge in [0, 0.05) is 40.6 Å². The number of hydrogen-bond donors (Lipinski definition) is 4. The number of aromatic nitrogens is 6. The molecule has 2 aromatic carbocycles. The van der Waals surface area contributed by atoms with E-state index in [-0.39, 0.29) is 29.3 Å². The van der Waals surface area contributed by atoms with Crippen molar-refractivity contribution in [2.24, 2.45) is 0 Å². The third-order valence-corrected chi connectivity index (χ3v) is 9.00. The number of hydrogen-bond acceptors (Lipinski definition) is 10. The van der Waals surface area contributed by atoms with E-state index in [4.69, 9.17) is 16.6 Å². The molecule has 1 saturated heterocycles. The first-order chi connectivity index (χ1) is 23.1. The lowest BCUT2D eigenvalue weighted by Gasteiger charge is -2.51. The largest absolute Gasteiger partial charge is 0.383 e. The molecule has 0 atom stereocenters. The monoisotopic (exact) mass is 664 g/mol. The van der Waals surface area contributed by atoms with Crippen LogP contribution in [0.25, 0.3) is 28.3 Å². The molecule has 0 aliphatic carbocycles. The van der Waals surface area contributed by atoms with E-state index in [1.54, 1.807) is 35.3 Å². The van der Waals surface area contributed by atoms with Crippen LogP contribution in [0.4, 0.5) is 11.6 Å². The van der Waals surface area contributed by atoms with Gasteiger partial charge < -0.3 is 22.0 Å². The molecule has 0 unspecified atom stereocenters. The first kappa shape index (κ1) is 33.3. The molecule has 3 aromatic heterocycles. The van der Waals surface area contributed by atoms with Crippen LogP contribution < -0.4 is 28.2 Å². The van der Waals surface area contributed by atoms with E-state index in [0.29, 0.717) is 46.7 Å². The highest BCUT2D eigenvalue weighted by molar-refractivity contribution is 5.96. The lowest BCUT2D eigenvalue weighted by Crippen LogP contribution is -2.63. The summed E-state index contributed by atoms with van der Waals surface area (Å²) in [4.78, 5) is 47.4. The van der Waals surface area contributed by atoms with Crippen LogP contribution in [0.3, 0.4) is 0 Å². The van der Waals surface area contributed by atoms with Crippen LogP contribution in [0.15, 0.2) is 76.6 Å². The first-order valence-electron chi connectivity index (χ1n) is 15.9. The van der Waals surface area contributed by atoms with Gasteiger partial charge in [-0.3, -0.25) is 13.9 Å². The van der Waals surface area contributed by atoms with Crippen molar-refractivity contribution in [3.8, 4) is 28.3 Å². The number of hydroxylamine groups is 2. The van der Waals surface area contributed by atoms with Crippen molar-refractivity contribution in [2.75, 3.05) is 11.5 Å². The van der Waals surface area contributed by atoms with Gasteiger partial charge in [-0.05, 0) is 96.3 Å². The van der Waals surface area contributed by atoms with Crippen LogP contribution in [-0.4, -0.2) is 62.2 Å². The van der Waals surface area contributed by atoms with E-state index >= 15 is 0 Å². The van der Waals surface area contributed by atoms with E-state index < -0.39 is 22.5 Å². The highest BCUT2D eigenvalue weighted by Gasteiger charge is 2.45. The Morgan fingerprint density at radius 1 is 0.837 bits per heavy atom. The Labute approximate surface area is 282 Å². The predicted octanol–water partition coefficient (Wildman–Crippen LogP) is 3.55. The minimum absolute atomic E-state index is 0.0962. The summed E-state index contributed by atoms with van der Waals surface area (Å²) in [6, 6.07) is 15.6. The number of piperidine rings is 1. The quantitative estimate of drug-likeness (QED) is 0.209. The summed E-state index contributed by atoms with van der Waals surface area (Å²) < 4.78 is 4.41. The number of carbonyl (C=O) groups is 1. The van der Waals surface area contributed by atoms with Crippen LogP contribution in [0, 0.1) is 13.8 Å². The first-order valence-corrected chi connectivity index (χ1v) is 15.9.